The monoisotopic (exact) mass is 396 g/mol. The molecule has 1 aliphatic heterocycles. The lowest BCUT2D eigenvalue weighted by molar-refractivity contribution is -0.223. The van der Waals surface area contributed by atoms with Gasteiger partial charge in [0.1, 0.15) is 11.5 Å². The highest BCUT2D eigenvalue weighted by molar-refractivity contribution is 7.64. The Bertz CT molecular complexity index is 536. The van der Waals surface area contributed by atoms with Gasteiger partial charge in [0.05, 0.1) is 13.2 Å². The molecule has 3 nitrogen and oxygen atoms in total. The molecular weight excluding hydrogens is 375 g/mol. The molecule has 0 aliphatic carbocycles. The van der Waals surface area contributed by atoms with Gasteiger partial charge in [0.15, 0.2) is 0 Å². The number of rotatable bonds is 7. The topological polar surface area (TPSA) is 27.7 Å². The molecule has 0 fully saturated rings. The Morgan fingerprint density at radius 3 is 2.74 bits per heavy atom. The molecule has 0 radical (unpaired) electrons. The quantitative estimate of drug-likeness (QED) is 0.331. The molecule has 2 atom stereocenters. The van der Waals surface area contributed by atoms with E-state index in [9.17, 15) is 0 Å². The van der Waals surface area contributed by atoms with Crippen LogP contribution in [0.3, 0.4) is 0 Å². The minimum Gasteiger partial charge on any atom is -0.494 e. The van der Waals surface area contributed by atoms with Gasteiger partial charge in [-0.2, -0.15) is 0 Å². The minimum absolute atomic E-state index is 0.317. The molecule has 0 spiro atoms. The maximum Gasteiger partial charge on any atom is 0.341 e. The fourth-order valence-electron chi connectivity index (χ4n) is 2.40. The molecule has 1 aromatic rings. The van der Waals surface area contributed by atoms with Crippen LogP contribution >= 0.6 is 33.2 Å². The van der Waals surface area contributed by atoms with Gasteiger partial charge in [-0.25, -0.2) is 0 Å². The van der Waals surface area contributed by atoms with Crippen molar-refractivity contribution in [3.8, 4) is 11.5 Å². The largest absolute Gasteiger partial charge is 0.494 e. The van der Waals surface area contributed by atoms with E-state index in [4.69, 9.17) is 47.4 Å². The van der Waals surface area contributed by atoms with Crippen LogP contribution in [0.4, 0.5) is 0 Å². The molecule has 0 bridgehead atoms. The zero-order valence-electron chi connectivity index (χ0n) is 13.7. The highest BCUT2D eigenvalue weighted by Gasteiger charge is 2.37. The summed E-state index contributed by atoms with van der Waals surface area (Å²) in [5, 5.41) is 0. The van der Waals surface area contributed by atoms with Crippen LogP contribution in [0.15, 0.2) is 18.2 Å². The first-order chi connectivity index (χ1) is 10.7. The molecule has 1 heterocycles. The zero-order valence-corrected chi connectivity index (χ0v) is 17.0. The number of hydrogen-bond acceptors (Lipinski definition) is 3. The van der Waals surface area contributed by atoms with E-state index in [1.807, 2.05) is 25.1 Å². The summed E-state index contributed by atoms with van der Waals surface area (Å²) in [6.45, 7) is 7.32. The van der Waals surface area contributed by atoms with E-state index in [0.29, 0.717) is 25.2 Å². The molecule has 2 rings (SSSR count). The number of ether oxygens (including phenoxy) is 3. The highest BCUT2D eigenvalue weighted by Crippen LogP contribution is 2.38. The van der Waals surface area contributed by atoms with E-state index < -0.39 is 11.8 Å². The summed E-state index contributed by atoms with van der Waals surface area (Å²) in [5.74, 6) is 1.39. The predicted molar refractivity (Wildman–Crippen MR) is 98.0 cm³/mol. The van der Waals surface area contributed by atoms with Crippen LogP contribution < -0.4 is 9.47 Å². The van der Waals surface area contributed by atoms with Crippen LogP contribution in [0.25, 0.3) is 0 Å². The van der Waals surface area contributed by atoms with Gasteiger partial charge < -0.3 is 14.2 Å². The molecule has 2 unspecified atom stereocenters. The first kappa shape index (κ1) is 19.2. The van der Waals surface area contributed by atoms with Gasteiger partial charge in [-0.1, -0.05) is 13.8 Å². The van der Waals surface area contributed by atoms with Crippen molar-refractivity contribution in [1.82, 2.24) is 0 Å². The summed E-state index contributed by atoms with van der Waals surface area (Å²) in [7, 11) is 0. The average molecular weight is 398 g/mol. The molecule has 0 N–H and O–H groups in total. The fraction of sp³-hybridized carbons (Fsp3) is 0.625. The Balaban J connectivity index is 1.94. The maximum absolute atomic E-state index is 6.07. The van der Waals surface area contributed by atoms with Crippen molar-refractivity contribution in [1.29, 1.82) is 0 Å². The van der Waals surface area contributed by atoms with Crippen LogP contribution in [-0.2, 0) is 11.3 Å². The Kier molecular flexibility index (Phi) is 6.54. The van der Waals surface area contributed by atoms with Gasteiger partial charge in [-0.3, -0.25) is 0 Å². The zero-order chi connectivity index (χ0) is 17.1. The second-order valence-corrected chi connectivity index (χ2v) is 15.3. The molecule has 0 saturated carbocycles. The van der Waals surface area contributed by atoms with Crippen LogP contribution in [0.2, 0.25) is 6.04 Å². The average Bonchev–Trinajstić information content (AvgIpc) is 2.50. The second kappa shape index (κ2) is 7.83. The molecule has 1 aromatic carbocycles. The molecule has 7 heteroatoms. The Morgan fingerprint density at radius 1 is 1.35 bits per heavy atom. The predicted octanol–water partition coefficient (Wildman–Crippen LogP) is 5.78. The van der Waals surface area contributed by atoms with Gasteiger partial charge in [-0.15, -0.1) is 33.2 Å². The van der Waals surface area contributed by atoms with Crippen molar-refractivity contribution in [2.75, 3.05) is 6.61 Å². The SMILES string of the molecule is CCC(C)C1(C)OCc2cc(OCCC[Si](Cl)(Cl)Cl)ccc2O1. The maximum atomic E-state index is 6.07. The van der Waals surface area contributed by atoms with Crippen molar-refractivity contribution >= 4 is 39.2 Å². The van der Waals surface area contributed by atoms with Crippen molar-refractivity contribution in [2.45, 2.75) is 52.1 Å². The lowest BCUT2D eigenvalue weighted by Gasteiger charge is -2.39. The number of fused-ring (bicyclic) bond motifs is 1. The van der Waals surface area contributed by atoms with E-state index in [2.05, 4.69) is 13.8 Å². The van der Waals surface area contributed by atoms with E-state index in [1.54, 1.807) is 0 Å². The third-order valence-corrected chi connectivity index (χ3v) is 6.86. The van der Waals surface area contributed by atoms with Crippen molar-refractivity contribution in [3.05, 3.63) is 23.8 Å². The summed E-state index contributed by atoms with van der Waals surface area (Å²) in [6.07, 6.45) is 1.73. The summed E-state index contributed by atoms with van der Waals surface area (Å²) >= 11 is 17.6. The lowest BCUT2D eigenvalue weighted by atomic mass is 9.98. The summed E-state index contributed by atoms with van der Waals surface area (Å²) in [4.78, 5) is 0. The normalized spacial score (nSPS) is 22.2. The number of halogens is 3. The van der Waals surface area contributed by atoms with E-state index >= 15 is 0 Å². The Labute approximate surface area is 153 Å². The summed E-state index contributed by atoms with van der Waals surface area (Å²) in [6, 6.07) is 3.86. The Morgan fingerprint density at radius 2 is 2.09 bits per heavy atom. The van der Waals surface area contributed by atoms with Crippen molar-refractivity contribution in [2.24, 2.45) is 5.92 Å². The first-order valence-corrected chi connectivity index (χ1v) is 13.1. The van der Waals surface area contributed by atoms with Crippen LogP contribution in [0, 0.1) is 5.92 Å². The van der Waals surface area contributed by atoms with Crippen molar-refractivity contribution < 1.29 is 14.2 Å². The standard InChI is InChI=1S/C16H23Cl3O3Si/c1-4-12(2)16(3)21-11-13-10-14(6-7-15(13)22-16)20-8-5-9-23(17,18)19/h6-7,10,12H,4-5,8-9,11H2,1-3H3. The second-order valence-electron chi connectivity index (χ2n) is 6.05. The Hall–Kier alpha value is -0.133. The van der Waals surface area contributed by atoms with E-state index in [0.717, 1.165) is 29.9 Å². The third-order valence-electron chi connectivity index (χ3n) is 4.24. The van der Waals surface area contributed by atoms with Crippen LogP contribution in [0.1, 0.15) is 39.2 Å². The third kappa shape index (κ3) is 5.43. The molecule has 1 aliphatic rings. The molecule has 130 valence electrons. The summed E-state index contributed by atoms with van der Waals surface area (Å²) in [5.41, 5.74) is 0.999. The molecule has 0 saturated heterocycles. The van der Waals surface area contributed by atoms with E-state index in [1.165, 1.54) is 0 Å². The van der Waals surface area contributed by atoms with Gasteiger partial charge in [0, 0.05) is 18.4 Å². The van der Waals surface area contributed by atoms with E-state index in [-0.39, 0.29) is 0 Å². The summed E-state index contributed by atoms with van der Waals surface area (Å²) < 4.78 is 17.7. The fourth-order valence-corrected chi connectivity index (χ4v) is 4.15. The molecule has 0 aromatic heterocycles. The first-order valence-electron chi connectivity index (χ1n) is 7.89. The minimum atomic E-state index is -2.55. The number of benzene rings is 1. The van der Waals surface area contributed by atoms with Crippen LogP contribution in [-0.4, -0.2) is 18.4 Å². The van der Waals surface area contributed by atoms with Gasteiger partial charge >= 0.3 is 6.00 Å². The lowest BCUT2D eigenvalue weighted by Crippen LogP contribution is -2.44. The van der Waals surface area contributed by atoms with Gasteiger partial charge in [0.25, 0.3) is 0 Å². The molecule has 0 amide bonds. The smallest absolute Gasteiger partial charge is 0.341 e. The highest BCUT2D eigenvalue weighted by atomic mass is 35.8. The number of hydrogen-bond donors (Lipinski definition) is 0. The molecular formula is C16H23Cl3O3Si. The van der Waals surface area contributed by atoms with Gasteiger partial charge in [0.2, 0.25) is 5.79 Å². The van der Waals surface area contributed by atoms with Gasteiger partial charge in [-0.05, 0) is 37.1 Å². The van der Waals surface area contributed by atoms with Crippen molar-refractivity contribution in [3.63, 3.8) is 0 Å². The van der Waals surface area contributed by atoms with Crippen LogP contribution in [0.5, 0.6) is 11.5 Å². The molecule has 23 heavy (non-hydrogen) atoms.